The summed E-state index contributed by atoms with van der Waals surface area (Å²) in [5.41, 5.74) is 14.6. The van der Waals surface area contributed by atoms with Crippen molar-refractivity contribution in [2.45, 2.75) is 58.8 Å². The molecular weight excluding hydrogens is 408 g/mol. The van der Waals surface area contributed by atoms with Crippen molar-refractivity contribution in [3.05, 3.63) is 136 Å². The van der Waals surface area contributed by atoms with E-state index in [9.17, 15) is 0 Å². The molecule has 3 aromatic rings. The van der Waals surface area contributed by atoms with Crippen LogP contribution in [-0.4, -0.2) is 0 Å². The van der Waals surface area contributed by atoms with Gasteiger partial charge in [-0.3, -0.25) is 0 Å². The first-order valence-corrected chi connectivity index (χ1v) is 13.0. The number of hydrogen-bond acceptors (Lipinski definition) is 0. The Morgan fingerprint density at radius 1 is 0.794 bits per heavy atom. The summed E-state index contributed by atoms with van der Waals surface area (Å²) in [6, 6.07) is 24.6. The minimum absolute atomic E-state index is 0.618. The smallest absolute Gasteiger partial charge is 0.00197 e. The van der Waals surface area contributed by atoms with Crippen LogP contribution in [0.2, 0.25) is 0 Å². The first-order valence-electron chi connectivity index (χ1n) is 13.0. The van der Waals surface area contributed by atoms with E-state index in [1.54, 1.807) is 27.8 Å². The average Bonchev–Trinajstić information content (AvgIpc) is 3.50. The molecule has 0 saturated heterocycles. The van der Waals surface area contributed by atoms with Crippen LogP contribution < -0.4 is 0 Å². The normalized spacial score (nSPS) is 15.2. The van der Waals surface area contributed by atoms with E-state index in [0.717, 1.165) is 32.1 Å². The number of benzene rings is 3. The SMILES string of the molecule is C=C(CC1=CCC=C1C1Cc2cc(CC)c(CC)cc2C1)c1ccccc1Cc1ccccc1. The highest BCUT2D eigenvalue weighted by molar-refractivity contribution is 5.70. The third-order valence-electron chi connectivity index (χ3n) is 7.77. The van der Waals surface area contributed by atoms with Gasteiger partial charge in [0.25, 0.3) is 0 Å². The van der Waals surface area contributed by atoms with Crippen molar-refractivity contribution < 1.29 is 0 Å². The molecule has 172 valence electrons. The summed E-state index contributed by atoms with van der Waals surface area (Å²) in [6.45, 7) is 9.14. The highest BCUT2D eigenvalue weighted by Gasteiger charge is 2.28. The lowest BCUT2D eigenvalue weighted by Gasteiger charge is -2.18. The Morgan fingerprint density at radius 2 is 1.44 bits per heavy atom. The lowest BCUT2D eigenvalue weighted by molar-refractivity contribution is 0.664. The van der Waals surface area contributed by atoms with E-state index in [1.807, 2.05) is 0 Å². The summed E-state index contributed by atoms with van der Waals surface area (Å²) in [5, 5.41) is 0. The molecule has 0 heteroatoms. The Bertz CT molecular complexity index is 1220. The van der Waals surface area contributed by atoms with Crippen molar-refractivity contribution in [2.24, 2.45) is 5.92 Å². The van der Waals surface area contributed by atoms with Crippen molar-refractivity contribution in [1.82, 2.24) is 0 Å². The van der Waals surface area contributed by atoms with Gasteiger partial charge in [-0.25, -0.2) is 0 Å². The molecule has 0 unspecified atom stereocenters. The van der Waals surface area contributed by atoms with E-state index in [0.29, 0.717) is 5.92 Å². The number of aryl methyl sites for hydroxylation is 2. The zero-order valence-corrected chi connectivity index (χ0v) is 20.7. The van der Waals surface area contributed by atoms with Gasteiger partial charge in [0.15, 0.2) is 0 Å². The molecule has 2 aliphatic carbocycles. The second-order valence-electron chi connectivity index (χ2n) is 9.93. The van der Waals surface area contributed by atoms with Crippen LogP contribution in [0.1, 0.15) is 65.6 Å². The van der Waals surface area contributed by atoms with Gasteiger partial charge in [-0.1, -0.05) is 99.3 Å². The molecule has 0 radical (unpaired) electrons. The molecule has 0 bridgehead atoms. The average molecular weight is 445 g/mol. The summed E-state index contributed by atoms with van der Waals surface area (Å²) in [4.78, 5) is 0. The minimum atomic E-state index is 0.618. The molecule has 0 aliphatic heterocycles. The Morgan fingerprint density at radius 3 is 2.12 bits per heavy atom. The van der Waals surface area contributed by atoms with Crippen LogP contribution in [0, 0.1) is 5.92 Å². The van der Waals surface area contributed by atoms with Crippen LogP contribution in [-0.2, 0) is 32.1 Å². The largest absolute Gasteiger partial charge is 0.0949 e. The second kappa shape index (κ2) is 10.0. The first-order chi connectivity index (χ1) is 16.7. The quantitative estimate of drug-likeness (QED) is 0.327. The summed E-state index contributed by atoms with van der Waals surface area (Å²) in [6.07, 6.45) is 12.5. The van der Waals surface area contributed by atoms with Gasteiger partial charge in [-0.2, -0.15) is 0 Å². The fourth-order valence-electron chi connectivity index (χ4n) is 5.99. The first kappa shape index (κ1) is 22.7. The molecule has 0 N–H and O–H groups in total. The monoisotopic (exact) mass is 444 g/mol. The predicted octanol–water partition coefficient (Wildman–Crippen LogP) is 8.48. The molecule has 0 atom stereocenters. The van der Waals surface area contributed by atoms with Crippen LogP contribution in [0.3, 0.4) is 0 Å². The standard InChI is InChI=1S/C34H36/c1-4-26-20-30-22-32(23-31(30)21-27(26)5-2)34-17-11-15-28(34)18-24(3)33-16-10-9-14-29(33)19-25-12-7-6-8-13-25/h6-10,12-17,20-21,32H,3-5,11,18-19,22-23H2,1-2H3. The van der Waals surface area contributed by atoms with E-state index < -0.39 is 0 Å². The molecule has 0 aromatic heterocycles. The van der Waals surface area contributed by atoms with Gasteiger partial charge < -0.3 is 0 Å². The molecule has 0 fully saturated rings. The third-order valence-corrected chi connectivity index (χ3v) is 7.77. The number of fused-ring (bicyclic) bond motifs is 1. The van der Waals surface area contributed by atoms with Crippen LogP contribution in [0.15, 0.2) is 96.6 Å². The van der Waals surface area contributed by atoms with Crippen LogP contribution in [0.4, 0.5) is 0 Å². The van der Waals surface area contributed by atoms with E-state index in [1.165, 1.54) is 40.7 Å². The van der Waals surface area contributed by atoms with Gasteiger partial charge in [-0.15, -0.1) is 0 Å². The molecule has 34 heavy (non-hydrogen) atoms. The van der Waals surface area contributed by atoms with Gasteiger partial charge in [0.05, 0.1) is 0 Å². The Hall–Kier alpha value is -3.12. The molecule has 0 amide bonds. The molecular formula is C34H36. The van der Waals surface area contributed by atoms with E-state index in [-0.39, 0.29) is 0 Å². The fourth-order valence-corrected chi connectivity index (χ4v) is 5.99. The zero-order chi connectivity index (χ0) is 23.5. The van der Waals surface area contributed by atoms with E-state index in [4.69, 9.17) is 0 Å². The van der Waals surface area contributed by atoms with E-state index in [2.05, 4.69) is 99.3 Å². The topological polar surface area (TPSA) is 0 Å². The molecule has 0 nitrogen and oxygen atoms in total. The van der Waals surface area contributed by atoms with Crippen LogP contribution in [0.25, 0.3) is 5.57 Å². The maximum atomic E-state index is 4.57. The number of rotatable bonds is 8. The van der Waals surface area contributed by atoms with Crippen LogP contribution in [0.5, 0.6) is 0 Å². The lowest BCUT2D eigenvalue weighted by atomic mass is 9.86. The lowest BCUT2D eigenvalue weighted by Crippen LogP contribution is -2.06. The van der Waals surface area contributed by atoms with E-state index >= 15 is 0 Å². The van der Waals surface area contributed by atoms with Gasteiger partial charge in [0, 0.05) is 0 Å². The molecule has 5 rings (SSSR count). The van der Waals surface area contributed by atoms with Crippen molar-refractivity contribution in [2.75, 3.05) is 0 Å². The highest BCUT2D eigenvalue weighted by Crippen LogP contribution is 2.41. The number of hydrogen-bond donors (Lipinski definition) is 0. The summed E-state index contributed by atoms with van der Waals surface area (Å²) >= 11 is 0. The summed E-state index contributed by atoms with van der Waals surface area (Å²) < 4.78 is 0. The van der Waals surface area contributed by atoms with Gasteiger partial charge >= 0.3 is 0 Å². The summed E-state index contributed by atoms with van der Waals surface area (Å²) in [7, 11) is 0. The molecule has 2 aliphatic rings. The predicted molar refractivity (Wildman–Crippen MR) is 146 cm³/mol. The zero-order valence-electron chi connectivity index (χ0n) is 20.7. The fraction of sp³-hybridized carbons (Fsp3) is 0.294. The maximum absolute atomic E-state index is 4.57. The third kappa shape index (κ3) is 4.60. The number of allylic oxidation sites excluding steroid dienone is 5. The van der Waals surface area contributed by atoms with Gasteiger partial charge in [0.2, 0.25) is 0 Å². The Kier molecular flexibility index (Phi) is 6.68. The summed E-state index contributed by atoms with van der Waals surface area (Å²) in [5.74, 6) is 0.618. The molecule has 3 aromatic carbocycles. The maximum Gasteiger partial charge on any atom is -0.00197 e. The van der Waals surface area contributed by atoms with Crippen molar-refractivity contribution in [3.8, 4) is 0 Å². The van der Waals surface area contributed by atoms with Crippen molar-refractivity contribution in [1.29, 1.82) is 0 Å². The van der Waals surface area contributed by atoms with Gasteiger partial charge in [-0.05, 0) is 107 Å². The molecule has 0 heterocycles. The molecule has 0 saturated carbocycles. The van der Waals surface area contributed by atoms with Crippen molar-refractivity contribution >= 4 is 5.57 Å². The highest BCUT2D eigenvalue weighted by atomic mass is 14.3. The Labute approximate surface area is 205 Å². The molecule has 0 spiro atoms. The van der Waals surface area contributed by atoms with Crippen LogP contribution >= 0.6 is 0 Å². The minimum Gasteiger partial charge on any atom is -0.0949 e. The Balaban J connectivity index is 1.32. The second-order valence-corrected chi connectivity index (χ2v) is 9.93. The van der Waals surface area contributed by atoms with Crippen molar-refractivity contribution in [3.63, 3.8) is 0 Å². The van der Waals surface area contributed by atoms with Gasteiger partial charge in [0.1, 0.15) is 0 Å².